The van der Waals surface area contributed by atoms with Gasteiger partial charge in [-0.15, -0.1) is 0 Å². The number of hydrogen-bond donors (Lipinski definition) is 1. The first-order valence-electron chi connectivity index (χ1n) is 8.56. The highest BCUT2D eigenvalue weighted by Gasteiger charge is 2.28. The lowest BCUT2D eigenvalue weighted by Crippen LogP contribution is -2.49. The Morgan fingerprint density at radius 3 is 2.63 bits per heavy atom. The zero-order chi connectivity index (χ0) is 19.6. The smallest absolute Gasteiger partial charge is 0.255 e. The number of ether oxygens (including phenoxy) is 1. The van der Waals surface area contributed by atoms with Crippen molar-refractivity contribution in [3.63, 3.8) is 0 Å². The van der Waals surface area contributed by atoms with Gasteiger partial charge >= 0.3 is 0 Å². The molecule has 1 aliphatic rings. The molecule has 0 aliphatic carbocycles. The number of piperidine rings is 1. The predicted octanol–water partition coefficient (Wildman–Crippen LogP) is 2.29. The second kappa shape index (κ2) is 7.92. The molecule has 1 aromatic heterocycles. The maximum absolute atomic E-state index is 12.8. The minimum absolute atomic E-state index is 0.256. The van der Waals surface area contributed by atoms with E-state index < -0.39 is 10.0 Å². The summed E-state index contributed by atoms with van der Waals surface area (Å²) in [4.78, 5) is 12.8. The van der Waals surface area contributed by atoms with Crippen LogP contribution in [0, 0.1) is 0 Å². The molecule has 1 N–H and O–H groups in total. The van der Waals surface area contributed by atoms with Gasteiger partial charge in [0.15, 0.2) is 0 Å². The van der Waals surface area contributed by atoms with Gasteiger partial charge in [0.05, 0.1) is 29.6 Å². The number of aromatic nitrogens is 1. The van der Waals surface area contributed by atoms with Gasteiger partial charge in [0, 0.05) is 37.6 Å². The fourth-order valence-electron chi connectivity index (χ4n) is 3.21. The van der Waals surface area contributed by atoms with Crippen molar-refractivity contribution in [2.24, 2.45) is 0 Å². The Morgan fingerprint density at radius 1 is 1.30 bits per heavy atom. The maximum atomic E-state index is 12.8. The maximum Gasteiger partial charge on any atom is 0.255 e. The van der Waals surface area contributed by atoms with E-state index in [9.17, 15) is 13.2 Å². The molecule has 1 fully saturated rings. The number of rotatable bonds is 5. The summed E-state index contributed by atoms with van der Waals surface area (Å²) in [5.74, 6) is 0.0598. The highest BCUT2D eigenvalue weighted by molar-refractivity contribution is 7.88. The van der Waals surface area contributed by atoms with Crippen LogP contribution in [0.4, 0.5) is 0 Å². The number of amides is 1. The van der Waals surface area contributed by atoms with E-state index >= 15 is 0 Å². The van der Waals surface area contributed by atoms with Crippen molar-refractivity contribution in [1.29, 1.82) is 0 Å². The van der Waals surface area contributed by atoms with Gasteiger partial charge in [-0.25, -0.2) is 12.7 Å². The third kappa shape index (κ3) is 4.45. The van der Waals surface area contributed by atoms with Crippen LogP contribution in [0.5, 0.6) is 5.75 Å². The van der Waals surface area contributed by atoms with Crippen molar-refractivity contribution in [3.8, 4) is 11.4 Å². The summed E-state index contributed by atoms with van der Waals surface area (Å²) in [6.45, 7) is 0.744. The third-order valence-electron chi connectivity index (χ3n) is 4.58. The lowest BCUT2D eigenvalue weighted by molar-refractivity contribution is 0.0918. The van der Waals surface area contributed by atoms with Crippen LogP contribution < -0.4 is 10.1 Å². The van der Waals surface area contributed by atoms with Crippen LogP contribution in [0.2, 0.25) is 5.02 Å². The Hall–Kier alpha value is -2.03. The molecule has 0 radical (unpaired) electrons. The summed E-state index contributed by atoms with van der Waals surface area (Å²) >= 11 is 6.38. The Balaban J connectivity index is 1.81. The molecule has 1 saturated heterocycles. The average molecular weight is 412 g/mol. The van der Waals surface area contributed by atoms with Crippen molar-refractivity contribution in [3.05, 3.63) is 47.2 Å². The first kappa shape index (κ1) is 19.7. The van der Waals surface area contributed by atoms with E-state index in [1.165, 1.54) is 17.7 Å². The van der Waals surface area contributed by atoms with Crippen LogP contribution >= 0.6 is 11.6 Å². The number of methoxy groups -OCH3 is 1. The summed E-state index contributed by atoms with van der Waals surface area (Å²) in [5, 5.41) is 3.32. The van der Waals surface area contributed by atoms with Gasteiger partial charge in [-0.3, -0.25) is 4.79 Å². The van der Waals surface area contributed by atoms with Gasteiger partial charge in [-0.2, -0.15) is 0 Å². The summed E-state index contributed by atoms with van der Waals surface area (Å²) < 4.78 is 32.1. The molecule has 1 aliphatic heterocycles. The zero-order valence-corrected chi connectivity index (χ0v) is 16.8. The van der Waals surface area contributed by atoms with Gasteiger partial charge in [-0.05, 0) is 31.0 Å². The van der Waals surface area contributed by atoms with Crippen LogP contribution in [-0.2, 0) is 10.0 Å². The number of nitrogens with zero attached hydrogens (tertiary/aromatic N) is 2. The fraction of sp³-hybridized carbons (Fsp3) is 0.389. The normalized spacial score (nSPS) is 18.3. The molecule has 0 spiro atoms. The van der Waals surface area contributed by atoms with Crippen LogP contribution in [0.1, 0.15) is 23.2 Å². The number of hydrogen-bond acceptors (Lipinski definition) is 4. The molecule has 1 aromatic carbocycles. The van der Waals surface area contributed by atoms with Crippen LogP contribution in [0.15, 0.2) is 36.7 Å². The molecule has 1 amide bonds. The van der Waals surface area contributed by atoms with Gasteiger partial charge in [0.25, 0.3) is 5.91 Å². The quantitative estimate of drug-likeness (QED) is 0.818. The molecule has 0 bridgehead atoms. The second-order valence-corrected chi connectivity index (χ2v) is 8.92. The molecular formula is C18H22ClN3O4S. The fourth-order valence-corrected chi connectivity index (χ4v) is 4.38. The molecule has 2 aromatic rings. The van der Waals surface area contributed by atoms with Gasteiger partial charge in [0.2, 0.25) is 10.0 Å². The third-order valence-corrected chi connectivity index (χ3v) is 6.16. The monoisotopic (exact) mass is 411 g/mol. The lowest BCUT2D eigenvalue weighted by Gasteiger charge is -2.31. The number of sulfonamides is 1. The van der Waals surface area contributed by atoms with Crippen LogP contribution in [0.3, 0.4) is 0 Å². The molecule has 0 saturated carbocycles. The number of benzene rings is 1. The first-order valence-corrected chi connectivity index (χ1v) is 10.8. The largest absolute Gasteiger partial charge is 0.496 e. The summed E-state index contributed by atoms with van der Waals surface area (Å²) in [6, 6.07) is 6.78. The van der Waals surface area contributed by atoms with Gasteiger partial charge < -0.3 is 14.6 Å². The molecule has 7 nitrogen and oxygen atoms in total. The zero-order valence-electron chi connectivity index (χ0n) is 15.2. The number of halogens is 1. The van der Waals surface area contributed by atoms with Crippen molar-refractivity contribution < 1.29 is 17.9 Å². The molecule has 1 unspecified atom stereocenters. The van der Waals surface area contributed by atoms with Gasteiger partial charge in [-0.1, -0.05) is 11.6 Å². The summed E-state index contributed by atoms with van der Waals surface area (Å²) in [7, 11) is -1.78. The summed E-state index contributed by atoms with van der Waals surface area (Å²) in [6.07, 6.45) is 6.29. The molecule has 9 heteroatoms. The molecule has 146 valence electrons. The molecule has 3 rings (SSSR count). The van der Waals surface area contributed by atoms with Crippen LogP contribution in [-0.4, -0.2) is 55.7 Å². The van der Waals surface area contributed by atoms with E-state index in [4.69, 9.17) is 16.3 Å². The van der Waals surface area contributed by atoms with E-state index in [1.54, 1.807) is 12.1 Å². The highest BCUT2D eigenvalue weighted by atomic mass is 35.5. The van der Waals surface area contributed by atoms with Crippen molar-refractivity contribution in [1.82, 2.24) is 14.2 Å². The Labute approximate surface area is 163 Å². The number of nitrogens with one attached hydrogen (secondary N) is 1. The number of carbonyl (C=O) groups excluding carboxylic acids is 1. The average Bonchev–Trinajstić information content (AvgIpc) is 3.15. The van der Waals surface area contributed by atoms with Crippen molar-refractivity contribution in [2.75, 3.05) is 26.5 Å². The van der Waals surface area contributed by atoms with E-state index in [0.29, 0.717) is 35.0 Å². The van der Waals surface area contributed by atoms with E-state index in [-0.39, 0.29) is 18.5 Å². The van der Waals surface area contributed by atoms with E-state index in [2.05, 4.69) is 5.32 Å². The minimum atomic E-state index is -3.28. The highest BCUT2D eigenvalue weighted by Crippen LogP contribution is 2.30. The first-order chi connectivity index (χ1) is 12.8. The Kier molecular flexibility index (Phi) is 5.78. The topological polar surface area (TPSA) is 80.6 Å². The SMILES string of the molecule is COc1cc(-n2cccc2)c(Cl)cc1C(=O)NC1CCCN(S(C)(=O)=O)C1. The second-order valence-electron chi connectivity index (χ2n) is 6.53. The Morgan fingerprint density at radius 2 is 2.00 bits per heavy atom. The van der Waals surface area contributed by atoms with E-state index in [1.807, 2.05) is 29.1 Å². The minimum Gasteiger partial charge on any atom is -0.496 e. The number of carbonyl (C=O) groups is 1. The standard InChI is InChI=1S/C18H22ClN3O4S/c1-26-17-11-16(21-7-3-4-8-21)15(19)10-14(17)18(23)20-13-6-5-9-22(12-13)27(2,24)25/h3-4,7-8,10-11,13H,5-6,9,12H2,1-2H3,(H,20,23). The van der Waals surface area contributed by atoms with Crippen molar-refractivity contribution in [2.45, 2.75) is 18.9 Å². The van der Waals surface area contributed by atoms with E-state index in [0.717, 1.165) is 6.42 Å². The molecule has 27 heavy (non-hydrogen) atoms. The van der Waals surface area contributed by atoms with Crippen LogP contribution in [0.25, 0.3) is 5.69 Å². The van der Waals surface area contributed by atoms with Crippen molar-refractivity contribution >= 4 is 27.5 Å². The lowest BCUT2D eigenvalue weighted by atomic mass is 10.1. The van der Waals surface area contributed by atoms with Gasteiger partial charge in [0.1, 0.15) is 5.75 Å². The Bertz CT molecular complexity index is 928. The molecule has 1 atom stereocenters. The molecular weight excluding hydrogens is 390 g/mol. The summed E-state index contributed by atoms with van der Waals surface area (Å²) in [5.41, 5.74) is 1.02. The predicted molar refractivity (Wildman–Crippen MR) is 104 cm³/mol. The molecule has 2 heterocycles.